The first kappa shape index (κ1) is 10.6. The molecule has 0 radical (unpaired) electrons. The molecule has 1 saturated carbocycles. The lowest BCUT2D eigenvalue weighted by atomic mass is 10.3. The molecule has 0 amide bonds. The van der Waals surface area contributed by atoms with E-state index in [1.54, 1.807) is 18.9 Å². The van der Waals surface area contributed by atoms with Crippen LogP contribution in [0, 0.1) is 0 Å². The van der Waals surface area contributed by atoms with Gasteiger partial charge in [0.25, 0.3) is 0 Å². The number of rotatable bonds is 3. The Kier molecular flexibility index (Phi) is 3.31. The average Bonchev–Trinajstić information content (AvgIpc) is 2.64. The number of ether oxygens (including phenoxy) is 1. The Hall–Kier alpha value is -0.960. The molecule has 0 heterocycles. The molecule has 1 aliphatic carbocycles. The first-order chi connectivity index (χ1) is 7.28. The number of Topliss-reactive ketones (excluding diaryl/α,β-unsaturated/α-hetero) is 1. The van der Waals surface area contributed by atoms with Crippen LogP contribution in [0.15, 0.2) is 29.2 Å². The van der Waals surface area contributed by atoms with Crippen molar-refractivity contribution < 1.29 is 9.53 Å². The van der Waals surface area contributed by atoms with E-state index in [0.29, 0.717) is 11.0 Å². The molecule has 2 nitrogen and oxygen atoms in total. The number of carbonyl (C=O) groups is 1. The number of ketones is 1. The molecule has 0 N–H and O–H groups in total. The summed E-state index contributed by atoms with van der Waals surface area (Å²) < 4.78 is 5.16. The Morgan fingerprint density at radius 3 is 3.00 bits per heavy atom. The predicted octanol–water partition coefficient (Wildman–Crippen LogP) is 2.91. The summed E-state index contributed by atoms with van der Waals surface area (Å²) in [5, 5.41) is 0.463. The van der Waals surface area contributed by atoms with Crippen LogP contribution >= 0.6 is 11.8 Å². The molecule has 0 aromatic heterocycles. The van der Waals surface area contributed by atoms with Gasteiger partial charge in [-0.3, -0.25) is 4.79 Å². The first-order valence-corrected chi connectivity index (χ1v) is 5.98. The van der Waals surface area contributed by atoms with E-state index < -0.39 is 0 Å². The van der Waals surface area contributed by atoms with Crippen LogP contribution in [0.5, 0.6) is 5.75 Å². The molecule has 2 rings (SSSR count). The summed E-state index contributed by atoms with van der Waals surface area (Å²) >= 11 is 1.78. The number of thioether (sulfide) groups is 1. The van der Waals surface area contributed by atoms with Gasteiger partial charge >= 0.3 is 0 Å². The maximum Gasteiger partial charge on any atom is 0.134 e. The maximum atomic E-state index is 11.1. The molecule has 80 valence electrons. The van der Waals surface area contributed by atoms with Gasteiger partial charge < -0.3 is 4.74 Å². The zero-order valence-corrected chi connectivity index (χ0v) is 9.55. The van der Waals surface area contributed by atoms with Crippen LogP contribution in [0.4, 0.5) is 0 Å². The standard InChI is InChI=1S/C12H14O2S/c1-14-10-3-2-4-11(8-10)15-12-6-5-9(13)7-12/h2-4,8,12H,5-7H2,1H3/t12-/m0/s1. The number of hydrogen-bond donors (Lipinski definition) is 0. The van der Waals surface area contributed by atoms with Gasteiger partial charge in [-0.25, -0.2) is 0 Å². The van der Waals surface area contributed by atoms with Crippen LogP contribution in [0.1, 0.15) is 19.3 Å². The van der Waals surface area contributed by atoms with Gasteiger partial charge in [-0.05, 0) is 24.6 Å². The van der Waals surface area contributed by atoms with E-state index in [9.17, 15) is 4.79 Å². The maximum absolute atomic E-state index is 11.1. The normalized spacial score (nSPS) is 20.6. The van der Waals surface area contributed by atoms with Crippen molar-refractivity contribution in [3.05, 3.63) is 24.3 Å². The Bertz CT molecular complexity index is 362. The lowest BCUT2D eigenvalue weighted by Crippen LogP contribution is -1.96. The Balaban J connectivity index is 2.01. The highest BCUT2D eigenvalue weighted by atomic mass is 32.2. The van der Waals surface area contributed by atoms with Crippen molar-refractivity contribution >= 4 is 17.5 Å². The summed E-state index contributed by atoms with van der Waals surface area (Å²) in [5.41, 5.74) is 0. The topological polar surface area (TPSA) is 26.3 Å². The molecule has 1 aromatic rings. The monoisotopic (exact) mass is 222 g/mol. The summed E-state index contributed by atoms with van der Waals surface area (Å²) in [7, 11) is 1.67. The van der Waals surface area contributed by atoms with Crippen LogP contribution in [0.25, 0.3) is 0 Å². The van der Waals surface area contributed by atoms with Crippen LogP contribution in [-0.2, 0) is 4.79 Å². The van der Waals surface area contributed by atoms with Gasteiger partial charge in [0.15, 0.2) is 0 Å². The van der Waals surface area contributed by atoms with E-state index in [4.69, 9.17) is 4.74 Å². The minimum Gasteiger partial charge on any atom is -0.497 e. The molecule has 15 heavy (non-hydrogen) atoms. The fourth-order valence-corrected chi connectivity index (χ4v) is 2.98. The Morgan fingerprint density at radius 1 is 1.47 bits per heavy atom. The summed E-state index contributed by atoms with van der Waals surface area (Å²) in [6.45, 7) is 0. The number of hydrogen-bond acceptors (Lipinski definition) is 3. The second kappa shape index (κ2) is 4.71. The molecule has 1 fully saturated rings. The van der Waals surface area contributed by atoms with E-state index >= 15 is 0 Å². The van der Waals surface area contributed by atoms with E-state index in [2.05, 4.69) is 6.07 Å². The molecule has 0 spiro atoms. The van der Waals surface area contributed by atoms with Gasteiger partial charge in [0, 0.05) is 23.0 Å². The van der Waals surface area contributed by atoms with Crippen LogP contribution in [0.2, 0.25) is 0 Å². The quantitative estimate of drug-likeness (QED) is 0.786. The number of carbonyl (C=O) groups excluding carboxylic acids is 1. The smallest absolute Gasteiger partial charge is 0.134 e. The molecular weight excluding hydrogens is 208 g/mol. The van der Waals surface area contributed by atoms with Crippen molar-refractivity contribution in [2.45, 2.75) is 29.4 Å². The summed E-state index contributed by atoms with van der Waals surface area (Å²) in [6, 6.07) is 8.01. The number of methoxy groups -OCH3 is 1. The van der Waals surface area contributed by atoms with Crippen molar-refractivity contribution in [1.82, 2.24) is 0 Å². The molecule has 1 aromatic carbocycles. The zero-order chi connectivity index (χ0) is 10.7. The van der Waals surface area contributed by atoms with Crippen LogP contribution < -0.4 is 4.74 Å². The Morgan fingerprint density at radius 2 is 2.33 bits per heavy atom. The third-order valence-corrected chi connectivity index (χ3v) is 3.81. The van der Waals surface area contributed by atoms with Gasteiger partial charge in [0.1, 0.15) is 11.5 Å². The van der Waals surface area contributed by atoms with Crippen molar-refractivity contribution in [2.75, 3.05) is 7.11 Å². The zero-order valence-electron chi connectivity index (χ0n) is 8.73. The molecule has 1 atom stereocenters. The highest BCUT2D eigenvalue weighted by molar-refractivity contribution is 8.00. The van der Waals surface area contributed by atoms with E-state index in [1.165, 1.54) is 4.90 Å². The molecule has 0 bridgehead atoms. The van der Waals surface area contributed by atoms with Crippen molar-refractivity contribution in [2.24, 2.45) is 0 Å². The Labute approximate surface area is 94.0 Å². The van der Waals surface area contributed by atoms with Crippen LogP contribution in [0.3, 0.4) is 0 Å². The first-order valence-electron chi connectivity index (χ1n) is 5.10. The number of benzene rings is 1. The summed E-state index contributed by atoms with van der Waals surface area (Å²) in [5.74, 6) is 1.28. The summed E-state index contributed by atoms with van der Waals surface area (Å²) in [4.78, 5) is 12.3. The van der Waals surface area contributed by atoms with Gasteiger partial charge in [0.05, 0.1) is 7.11 Å². The molecule has 0 aliphatic heterocycles. The minimum absolute atomic E-state index is 0.399. The molecule has 1 aliphatic rings. The lowest BCUT2D eigenvalue weighted by molar-refractivity contribution is -0.117. The molecule has 0 unspecified atom stereocenters. The van der Waals surface area contributed by atoms with Gasteiger partial charge in [-0.2, -0.15) is 0 Å². The van der Waals surface area contributed by atoms with E-state index in [-0.39, 0.29) is 0 Å². The van der Waals surface area contributed by atoms with Crippen molar-refractivity contribution in [1.29, 1.82) is 0 Å². The lowest BCUT2D eigenvalue weighted by Gasteiger charge is -2.08. The average molecular weight is 222 g/mol. The highest BCUT2D eigenvalue weighted by Crippen LogP contribution is 2.34. The SMILES string of the molecule is COc1cccc(S[C@H]2CCC(=O)C2)c1. The fourth-order valence-electron chi connectivity index (χ4n) is 1.75. The molecule has 0 saturated heterocycles. The third-order valence-electron chi connectivity index (χ3n) is 2.54. The van der Waals surface area contributed by atoms with Gasteiger partial charge in [-0.15, -0.1) is 11.8 Å². The van der Waals surface area contributed by atoms with Gasteiger partial charge in [0.2, 0.25) is 0 Å². The van der Waals surface area contributed by atoms with Gasteiger partial charge in [-0.1, -0.05) is 6.07 Å². The predicted molar refractivity (Wildman–Crippen MR) is 61.5 cm³/mol. The third kappa shape index (κ3) is 2.75. The van der Waals surface area contributed by atoms with Crippen LogP contribution in [-0.4, -0.2) is 18.1 Å². The minimum atomic E-state index is 0.399. The second-order valence-corrected chi connectivity index (χ2v) is 5.07. The largest absolute Gasteiger partial charge is 0.497 e. The van der Waals surface area contributed by atoms with E-state index in [0.717, 1.165) is 25.0 Å². The molecule has 3 heteroatoms. The highest BCUT2D eigenvalue weighted by Gasteiger charge is 2.22. The fraction of sp³-hybridized carbons (Fsp3) is 0.417. The summed E-state index contributed by atoms with van der Waals surface area (Å²) in [6.07, 6.45) is 2.49. The molecular formula is C12H14O2S. The van der Waals surface area contributed by atoms with E-state index in [1.807, 2.05) is 18.2 Å². The second-order valence-electron chi connectivity index (χ2n) is 3.70. The van der Waals surface area contributed by atoms with Crippen molar-refractivity contribution in [3.8, 4) is 5.75 Å². The van der Waals surface area contributed by atoms with Crippen molar-refractivity contribution in [3.63, 3.8) is 0 Å².